The van der Waals surface area contributed by atoms with E-state index in [-0.39, 0.29) is 18.2 Å². The summed E-state index contributed by atoms with van der Waals surface area (Å²) in [6.45, 7) is 3.78. The number of carbonyl (C=O) groups is 2. The van der Waals surface area contributed by atoms with Crippen molar-refractivity contribution in [2.45, 2.75) is 39.2 Å². The molecule has 0 aliphatic heterocycles. The fraction of sp³-hybridized carbons (Fsp3) is 0.533. The SMILES string of the molecule is COC(=O)[C@H](NC(=O)Cc1nc2nc(C)cc(C)n2n1)C1CC1. The average molecular weight is 317 g/mol. The van der Waals surface area contributed by atoms with Crippen LogP contribution in [0.4, 0.5) is 0 Å². The van der Waals surface area contributed by atoms with E-state index in [2.05, 4.69) is 20.4 Å². The number of ether oxygens (including phenoxy) is 1. The molecule has 0 radical (unpaired) electrons. The van der Waals surface area contributed by atoms with Crippen molar-refractivity contribution in [3.63, 3.8) is 0 Å². The predicted molar refractivity (Wildman–Crippen MR) is 80.6 cm³/mol. The van der Waals surface area contributed by atoms with Gasteiger partial charge in [-0.2, -0.15) is 4.98 Å². The second-order valence-electron chi connectivity index (χ2n) is 5.86. The lowest BCUT2D eigenvalue weighted by atomic mass is 10.2. The highest BCUT2D eigenvalue weighted by atomic mass is 16.5. The predicted octanol–water partition coefficient (Wildman–Crippen LogP) is 0.351. The van der Waals surface area contributed by atoms with Crippen LogP contribution in [0.1, 0.15) is 30.1 Å². The fourth-order valence-corrected chi connectivity index (χ4v) is 2.58. The zero-order valence-electron chi connectivity index (χ0n) is 13.4. The summed E-state index contributed by atoms with van der Waals surface area (Å²) in [5.74, 6) is 0.321. The van der Waals surface area contributed by atoms with E-state index in [1.54, 1.807) is 4.52 Å². The van der Waals surface area contributed by atoms with Gasteiger partial charge in [-0.3, -0.25) is 4.79 Å². The smallest absolute Gasteiger partial charge is 0.328 e. The molecule has 1 amide bonds. The van der Waals surface area contributed by atoms with E-state index in [9.17, 15) is 9.59 Å². The molecule has 1 atom stereocenters. The standard InChI is InChI=1S/C15H19N5O3/c1-8-6-9(2)20-15(16-8)17-11(19-20)7-12(21)18-13(10-4-5-10)14(22)23-3/h6,10,13H,4-5,7H2,1-3H3,(H,18,21)/t13-/m1/s1. The number of nitrogens with zero attached hydrogens (tertiary/aromatic N) is 4. The first-order chi connectivity index (χ1) is 11.0. The Labute approximate surface area is 133 Å². The Morgan fingerprint density at radius 3 is 2.78 bits per heavy atom. The van der Waals surface area contributed by atoms with Crippen LogP contribution in [0.25, 0.3) is 5.78 Å². The van der Waals surface area contributed by atoms with Gasteiger partial charge in [0.25, 0.3) is 5.78 Å². The maximum Gasteiger partial charge on any atom is 0.328 e. The van der Waals surface area contributed by atoms with E-state index in [1.165, 1.54) is 7.11 Å². The molecule has 1 aliphatic carbocycles. The van der Waals surface area contributed by atoms with Crippen molar-refractivity contribution >= 4 is 17.7 Å². The van der Waals surface area contributed by atoms with Gasteiger partial charge in [0.15, 0.2) is 5.82 Å². The van der Waals surface area contributed by atoms with Gasteiger partial charge in [0.05, 0.1) is 13.5 Å². The normalized spacial score (nSPS) is 15.4. The minimum absolute atomic E-state index is 0.00205. The van der Waals surface area contributed by atoms with Crippen LogP contribution in [-0.4, -0.2) is 44.6 Å². The molecule has 0 spiro atoms. The summed E-state index contributed by atoms with van der Waals surface area (Å²) < 4.78 is 6.35. The second-order valence-corrected chi connectivity index (χ2v) is 5.86. The molecule has 0 saturated heterocycles. The minimum atomic E-state index is -0.577. The molecule has 0 aromatic carbocycles. The van der Waals surface area contributed by atoms with Crippen molar-refractivity contribution < 1.29 is 14.3 Å². The van der Waals surface area contributed by atoms with Crippen molar-refractivity contribution in [2.75, 3.05) is 7.11 Å². The van der Waals surface area contributed by atoms with Crippen molar-refractivity contribution in [1.82, 2.24) is 24.9 Å². The lowest BCUT2D eigenvalue weighted by Gasteiger charge is -2.14. The van der Waals surface area contributed by atoms with E-state index in [0.29, 0.717) is 11.6 Å². The summed E-state index contributed by atoms with van der Waals surface area (Å²) in [7, 11) is 1.32. The highest BCUT2D eigenvalue weighted by Gasteiger charge is 2.38. The summed E-state index contributed by atoms with van der Waals surface area (Å²) in [6, 6.07) is 1.32. The zero-order chi connectivity index (χ0) is 16.6. The third-order valence-corrected chi connectivity index (χ3v) is 3.85. The molecule has 1 aliphatic rings. The van der Waals surface area contributed by atoms with Gasteiger partial charge >= 0.3 is 5.97 Å². The molecule has 3 rings (SSSR count). The largest absolute Gasteiger partial charge is 0.467 e. The average Bonchev–Trinajstić information content (AvgIpc) is 3.25. The molecule has 0 bridgehead atoms. The van der Waals surface area contributed by atoms with Crippen molar-refractivity contribution in [1.29, 1.82) is 0 Å². The van der Waals surface area contributed by atoms with Gasteiger partial charge in [0.2, 0.25) is 5.91 Å². The van der Waals surface area contributed by atoms with Gasteiger partial charge in [-0.1, -0.05) is 0 Å². The number of fused-ring (bicyclic) bond motifs is 1. The number of aromatic nitrogens is 4. The lowest BCUT2D eigenvalue weighted by molar-refractivity contribution is -0.145. The summed E-state index contributed by atoms with van der Waals surface area (Å²) in [5.41, 5.74) is 1.75. The Bertz CT molecular complexity index is 766. The van der Waals surface area contributed by atoms with Crippen LogP contribution in [0, 0.1) is 19.8 Å². The topological polar surface area (TPSA) is 98.5 Å². The van der Waals surface area contributed by atoms with Gasteiger partial charge < -0.3 is 10.1 Å². The number of esters is 1. The summed E-state index contributed by atoms with van der Waals surface area (Å²) in [6.07, 6.45) is 1.85. The van der Waals surface area contributed by atoms with Gasteiger partial charge in [-0.25, -0.2) is 14.3 Å². The maximum absolute atomic E-state index is 12.2. The van der Waals surface area contributed by atoms with Crippen LogP contribution >= 0.6 is 0 Å². The Hall–Kier alpha value is -2.51. The molecule has 2 aromatic heterocycles. The monoisotopic (exact) mass is 317 g/mol. The van der Waals surface area contributed by atoms with Crippen LogP contribution in [0.15, 0.2) is 6.07 Å². The van der Waals surface area contributed by atoms with Crippen LogP contribution < -0.4 is 5.32 Å². The number of carbonyl (C=O) groups excluding carboxylic acids is 2. The Kier molecular flexibility index (Phi) is 3.97. The van der Waals surface area contributed by atoms with E-state index < -0.39 is 12.0 Å². The van der Waals surface area contributed by atoms with Crippen LogP contribution in [-0.2, 0) is 20.7 Å². The number of rotatable bonds is 5. The quantitative estimate of drug-likeness (QED) is 0.799. The molecule has 122 valence electrons. The number of methoxy groups -OCH3 is 1. The lowest BCUT2D eigenvalue weighted by Crippen LogP contribution is -2.43. The number of nitrogens with one attached hydrogen (secondary N) is 1. The zero-order valence-corrected chi connectivity index (χ0v) is 13.4. The Morgan fingerprint density at radius 1 is 1.39 bits per heavy atom. The number of amides is 1. The third-order valence-electron chi connectivity index (χ3n) is 3.85. The Balaban J connectivity index is 1.72. The van der Waals surface area contributed by atoms with Crippen molar-refractivity contribution in [3.8, 4) is 0 Å². The number of hydrogen-bond acceptors (Lipinski definition) is 6. The number of aryl methyl sites for hydroxylation is 2. The van der Waals surface area contributed by atoms with Crippen molar-refractivity contribution in [3.05, 3.63) is 23.3 Å². The second kappa shape index (κ2) is 5.94. The molecular formula is C15H19N5O3. The van der Waals surface area contributed by atoms with Crippen LogP contribution in [0.3, 0.4) is 0 Å². The fourth-order valence-electron chi connectivity index (χ4n) is 2.58. The first-order valence-electron chi connectivity index (χ1n) is 7.55. The molecular weight excluding hydrogens is 298 g/mol. The first kappa shape index (κ1) is 15.4. The van der Waals surface area contributed by atoms with E-state index >= 15 is 0 Å². The van der Waals surface area contributed by atoms with Gasteiger partial charge in [-0.05, 0) is 38.7 Å². The molecule has 2 heterocycles. The molecule has 0 unspecified atom stereocenters. The molecule has 1 fully saturated rings. The number of hydrogen-bond donors (Lipinski definition) is 1. The van der Waals surface area contributed by atoms with Crippen LogP contribution in [0.5, 0.6) is 0 Å². The molecule has 8 nitrogen and oxygen atoms in total. The minimum Gasteiger partial charge on any atom is -0.467 e. The Morgan fingerprint density at radius 2 is 2.13 bits per heavy atom. The molecule has 1 N–H and O–H groups in total. The van der Waals surface area contributed by atoms with E-state index in [1.807, 2.05) is 19.9 Å². The van der Waals surface area contributed by atoms with E-state index in [0.717, 1.165) is 24.2 Å². The molecule has 8 heteroatoms. The summed E-state index contributed by atoms with van der Waals surface area (Å²) in [4.78, 5) is 32.5. The van der Waals surface area contributed by atoms with Gasteiger partial charge in [-0.15, -0.1) is 5.10 Å². The van der Waals surface area contributed by atoms with E-state index in [4.69, 9.17) is 4.74 Å². The first-order valence-corrected chi connectivity index (χ1v) is 7.55. The molecule has 1 saturated carbocycles. The molecule has 2 aromatic rings. The maximum atomic E-state index is 12.2. The van der Waals surface area contributed by atoms with Gasteiger partial charge in [0, 0.05) is 11.4 Å². The summed E-state index contributed by atoms with van der Waals surface area (Å²) in [5, 5.41) is 7.02. The molecule has 23 heavy (non-hydrogen) atoms. The summed E-state index contributed by atoms with van der Waals surface area (Å²) >= 11 is 0. The third kappa shape index (κ3) is 3.30. The van der Waals surface area contributed by atoms with Crippen molar-refractivity contribution in [2.24, 2.45) is 5.92 Å². The van der Waals surface area contributed by atoms with Gasteiger partial charge in [0.1, 0.15) is 6.04 Å². The van der Waals surface area contributed by atoms with Crippen LogP contribution in [0.2, 0.25) is 0 Å². The highest BCUT2D eigenvalue weighted by molar-refractivity contribution is 5.85. The highest BCUT2D eigenvalue weighted by Crippen LogP contribution is 2.33.